The fraction of sp³-hybridized carbons (Fsp3) is 0.562. The van der Waals surface area contributed by atoms with Gasteiger partial charge in [-0.05, 0) is 23.6 Å². The lowest BCUT2D eigenvalue weighted by atomic mass is 10.0. The van der Waals surface area contributed by atoms with Crippen LogP contribution in [0.2, 0.25) is 0 Å². The summed E-state index contributed by atoms with van der Waals surface area (Å²) in [5.74, 6) is 0.0227. The van der Waals surface area contributed by atoms with E-state index in [1.807, 2.05) is 26.0 Å². The molecule has 1 fully saturated rings. The molecule has 130 valence electrons. The van der Waals surface area contributed by atoms with Crippen LogP contribution in [0.25, 0.3) is 0 Å². The Labute approximate surface area is 152 Å². The molecule has 0 saturated carbocycles. The van der Waals surface area contributed by atoms with Crippen molar-refractivity contribution in [2.75, 3.05) is 31.2 Å². The third-order valence-corrected chi connectivity index (χ3v) is 4.37. The van der Waals surface area contributed by atoms with Crippen LogP contribution in [-0.4, -0.2) is 38.3 Å². The second-order valence-corrected chi connectivity index (χ2v) is 6.78. The maximum absolute atomic E-state index is 12.0. The van der Waals surface area contributed by atoms with E-state index in [-0.39, 0.29) is 24.2 Å². The molecule has 1 aliphatic heterocycles. The number of hydrogen-bond acceptors (Lipinski definition) is 4. The molecule has 7 heteroatoms. The van der Waals surface area contributed by atoms with Crippen LogP contribution in [0.4, 0.5) is 5.69 Å². The van der Waals surface area contributed by atoms with E-state index in [2.05, 4.69) is 32.2 Å². The predicted molar refractivity (Wildman–Crippen MR) is 99.1 cm³/mol. The van der Waals surface area contributed by atoms with Crippen molar-refractivity contribution in [1.82, 2.24) is 5.32 Å². The molecule has 0 spiro atoms. The monoisotopic (exact) mass is 405 g/mol. The van der Waals surface area contributed by atoms with E-state index in [9.17, 15) is 4.79 Å². The standard InChI is InChI=1S/C16H24BrN3O2.ClH/c1-11(2)15(18)16(21)19-10-12-3-4-13(17)9-14(12)20-5-7-22-8-6-20;/h3-4,9,11,15H,5-8,10,18H2,1-2H3,(H,19,21);1H/t15-;/m0./s1. The average molecular weight is 407 g/mol. The highest BCUT2D eigenvalue weighted by atomic mass is 79.9. The third-order valence-electron chi connectivity index (χ3n) is 3.87. The highest BCUT2D eigenvalue weighted by Gasteiger charge is 2.19. The number of hydrogen-bond donors (Lipinski definition) is 2. The van der Waals surface area contributed by atoms with Crippen molar-refractivity contribution >= 4 is 39.9 Å². The van der Waals surface area contributed by atoms with Crippen LogP contribution in [-0.2, 0) is 16.1 Å². The van der Waals surface area contributed by atoms with Crippen LogP contribution >= 0.6 is 28.3 Å². The number of carbonyl (C=O) groups is 1. The molecule has 1 heterocycles. The molecule has 1 aromatic rings. The first-order chi connectivity index (χ1) is 10.5. The highest BCUT2D eigenvalue weighted by molar-refractivity contribution is 9.10. The predicted octanol–water partition coefficient (Wildman–Crippen LogP) is 2.31. The first kappa shape index (κ1) is 20.2. The van der Waals surface area contributed by atoms with Crippen LogP contribution in [0, 0.1) is 5.92 Å². The van der Waals surface area contributed by atoms with Crippen molar-refractivity contribution in [2.24, 2.45) is 11.7 Å². The third kappa shape index (κ3) is 5.64. The number of nitrogens with two attached hydrogens (primary N) is 1. The number of halogens is 2. The average Bonchev–Trinajstić information content (AvgIpc) is 2.53. The fourth-order valence-electron chi connectivity index (χ4n) is 2.39. The van der Waals surface area contributed by atoms with Crippen LogP contribution < -0.4 is 16.0 Å². The van der Waals surface area contributed by atoms with Gasteiger partial charge < -0.3 is 20.7 Å². The zero-order valence-electron chi connectivity index (χ0n) is 13.5. The van der Waals surface area contributed by atoms with E-state index in [0.29, 0.717) is 6.54 Å². The van der Waals surface area contributed by atoms with Gasteiger partial charge in [-0.1, -0.05) is 35.8 Å². The van der Waals surface area contributed by atoms with E-state index >= 15 is 0 Å². The van der Waals surface area contributed by atoms with Gasteiger partial charge in [0.15, 0.2) is 0 Å². The molecule has 5 nitrogen and oxygen atoms in total. The molecule has 0 radical (unpaired) electrons. The van der Waals surface area contributed by atoms with Crippen LogP contribution in [0.5, 0.6) is 0 Å². The lowest BCUT2D eigenvalue weighted by molar-refractivity contribution is -0.123. The zero-order valence-corrected chi connectivity index (χ0v) is 16.0. The molecule has 1 amide bonds. The van der Waals surface area contributed by atoms with E-state index < -0.39 is 6.04 Å². The maximum atomic E-state index is 12.0. The fourth-order valence-corrected chi connectivity index (χ4v) is 2.74. The van der Waals surface area contributed by atoms with E-state index in [1.165, 1.54) is 0 Å². The van der Waals surface area contributed by atoms with Gasteiger partial charge in [-0.25, -0.2) is 0 Å². The minimum absolute atomic E-state index is 0. The maximum Gasteiger partial charge on any atom is 0.237 e. The Kier molecular flexibility index (Phi) is 8.33. The van der Waals surface area contributed by atoms with Crippen LogP contribution in [0.1, 0.15) is 19.4 Å². The molecule has 3 N–H and O–H groups in total. The molecule has 1 aromatic carbocycles. The Bertz CT molecular complexity index is 522. The quantitative estimate of drug-likeness (QED) is 0.787. The van der Waals surface area contributed by atoms with Gasteiger partial charge in [-0.15, -0.1) is 12.4 Å². The largest absolute Gasteiger partial charge is 0.378 e. The SMILES string of the molecule is CC(C)[C@H](N)C(=O)NCc1ccc(Br)cc1N1CCOCC1.Cl. The summed E-state index contributed by atoms with van der Waals surface area (Å²) >= 11 is 3.52. The van der Waals surface area contributed by atoms with Gasteiger partial charge in [-0.2, -0.15) is 0 Å². The number of anilines is 1. The lowest BCUT2D eigenvalue weighted by Crippen LogP contribution is -2.44. The highest BCUT2D eigenvalue weighted by Crippen LogP contribution is 2.26. The topological polar surface area (TPSA) is 67.6 Å². The molecule has 1 aliphatic rings. The number of ether oxygens (including phenoxy) is 1. The molecule has 0 bridgehead atoms. The molecule has 1 saturated heterocycles. The molecule has 23 heavy (non-hydrogen) atoms. The minimum atomic E-state index is -0.470. The summed E-state index contributed by atoms with van der Waals surface area (Å²) in [6, 6.07) is 5.65. The van der Waals surface area contributed by atoms with E-state index in [4.69, 9.17) is 10.5 Å². The van der Waals surface area contributed by atoms with Crippen molar-refractivity contribution in [2.45, 2.75) is 26.4 Å². The van der Waals surface area contributed by atoms with Crippen LogP contribution in [0.15, 0.2) is 22.7 Å². The second-order valence-electron chi connectivity index (χ2n) is 5.86. The van der Waals surface area contributed by atoms with E-state index in [1.54, 1.807) is 0 Å². The molecular weight excluding hydrogens is 382 g/mol. The summed E-state index contributed by atoms with van der Waals surface area (Å²) in [6.07, 6.45) is 0. The number of benzene rings is 1. The number of nitrogens with zero attached hydrogens (tertiary/aromatic N) is 1. The number of carbonyl (C=O) groups excluding carboxylic acids is 1. The number of morpholine rings is 1. The van der Waals surface area contributed by atoms with Crippen molar-refractivity contribution in [3.05, 3.63) is 28.2 Å². The Balaban J connectivity index is 0.00000264. The smallest absolute Gasteiger partial charge is 0.237 e. The van der Waals surface area contributed by atoms with Crippen molar-refractivity contribution in [3.63, 3.8) is 0 Å². The lowest BCUT2D eigenvalue weighted by Gasteiger charge is -2.31. The van der Waals surface area contributed by atoms with Crippen LogP contribution in [0.3, 0.4) is 0 Å². The summed E-state index contributed by atoms with van der Waals surface area (Å²) in [4.78, 5) is 14.3. The first-order valence-corrected chi connectivity index (χ1v) is 8.42. The summed E-state index contributed by atoms with van der Waals surface area (Å²) in [7, 11) is 0. The molecule has 0 aromatic heterocycles. The molecule has 0 aliphatic carbocycles. The summed E-state index contributed by atoms with van der Waals surface area (Å²) in [5, 5.41) is 2.94. The molecule has 2 rings (SSSR count). The first-order valence-electron chi connectivity index (χ1n) is 7.63. The minimum Gasteiger partial charge on any atom is -0.378 e. The Hall–Kier alpha value is -0.820. The van der Waals surface area contributed by atoms with Gasteiger partial charge >= 0.3 is 0 Å². The number of nitrogens with one attached hydrogen (secondary N) is 1. The van der Waals surface area contributed by atoms with Gasteiger partial charge in [0.2, 0.25) is 5.91 Å². The van der Waals surface area contributed by atoms with Gasteiger partial charge in [0, 0.05) is 29.8 Å². The Morgan fingerprint density at radius 3 is 2.65 bits per heavy atom. The van der Waals surface area contributed by atoms with Gasteiger partial charge in [0.25, 0.3) is 0 Å². The van der Waals surface area contributed by atoms with E-state index in [0.717, 1.165) is 42.0 Å². The van der Waals surface area contributed by atoms with Crippen molar-refractivity contribution in [1.29, 1.82) is 0 Å². The zero-order chi connectivity index (χ0) is 16.1. The van der Waals surface area contributed by atoms with Gasteiger partial charge in [0.05, 0.1) is 19.3 Å². The van der Waals surface area contributed by atoms with Gasteiger partial charge in [0.1, 0.15) is 0 Å². The van der Waals surface area contributed by atoms with Gasteiger partial charge in [-0.3, -0.25) is 4.79 Å². The number of rotatable bonds is 5. The Morgan fingerprint density at radius 2 is 2.04 bits per heavy atom. The normalized spacial score (nSPS) is 16.0. The van der Waals surface area contributed by atoms with Crippen molar-refractivity contribution < 1.29 is 9.53 Å². The summed E-state index contributed by atoms with van der Waals surface area (Å²) in [5.41, 5.74) is 8.11. The van der Waals surface area contributed by atoms with Crippen molar-refractivity contribution in [3.8, 4) is 0 Å². The second kappa shape index (κ2) is 9.47. The Morgan fingerprint density at radius 1 is 1.39 bits per heavy atom. The molecular formula is C16H25BrClN3O2. The summed E-state index contributed by atoms with van der Waals surface area (Å²) in [6.45, 7) is 7.57. The molecule has 0 unspecified atom stereocenters. The molecule has 1 atom stereocenters. The number of amides is 1. The summed E-state index contributed by atoms with van der Waals surface area (Å²) < 4.78 is 6.44.